The molecule has 0 atom stereocenters. The van der Waals surface area contributed by atoms with Gasteiger partial charge in [-0.15, -0.1) is 0 Å². The van der Waals surface area contributed by atoms with Crippen molar-refractivity contribution >= 4 is 15.7 Å². The van der Waals surface area contributed by atoms with Crippen LogP contribution in [0.15, 0.2) is 29.2 Å². The Morgan fingerprint density at radius 1 is 1.15 bits per heavy atom. The molecule has 1 aromatic rings. The number of anilines is 1. The van der Waals surface area contributed by atoms with Crippen LogP contribution in [0.4, 0.5) is 5.69 Å². The van der Waals surface area contributed by atoms with Gasteiger partial charge in [0.05, 0.1) is 4.90 Å². The minimum atomic E-state index is -3.32. The van der Waals surface area contributed by atoms with Crippen LogP contribution in [-0.2, 0) is 10.0 Å². The summed E-state index contributed by atoms with van der Waals surface area (Å²) in [6.07, 6.45) is 6.69. The van der Waals surface area contributed by atoms with Crippen LogP contribution >= 0.6 is 0 Å². The topological polar surface area (TPSA) is 49.4 Å². The van der Waals surface area contributed by atoms with Crippen LogP contribution < -0.4 is 5.32 Å². The maximum atomic E-state index is 11.9. The lowest BCUT2D eigenvalue weighted by atomic mass is 10.0. The van der Waals surface area contributed by atoms with Crippen LogP contribution in [0.5, 0.6) is 0 Å². The standard InChI is InChI=1S/C15H24N2O2S/c1-17(2)20(18,19)15-9-7-14(8-10-15)16-12-11-13-5-3-4-6-13/h7-10,13,16H,3-6,11-12H2,1-2H3. The number of hydrogen-bond acceptors (Lipinski definition) is 3. The summed E-state index contributed by atoms with van der Waals surface area (Å²) < 4.78 is 25.1. The van der Waals surface area contributed by atoms with Gasteiger partial charge in [-0.25, -0.2) is 12.7 Å². The van der Waals surface area contributed by atoms with E-state index < -0.39 is 10.0 Å². The van der Waals surface area contributed by atoms with Crippen LogP contribution in [0.2, 0.25) is 0 Å². The quantitative estimate of drug-likeness (QED) is 0.878. The molecule has 0 amide bonds. The zero-order chi connectivity index (χ0) is 14.6. The highest BCUT2D eigenvalue weighted by Crippen LogP contribution is 2.27. The lowest BCUT2D eigenvalue weighted by Gasteiger charge is -2.13. The molecule has 0 aromatic heterocycles. The predicted octanol–water partition coefficient (Wildman–Crippen LogP) is 2.93. The summed E-state index contributed by atoms with van der Waals surface area (Å²) in [6.45, 7) is 0.963. The van der Waals surface area contributed by atoms with Gasteiger partial charge in [-0.2, -0.15) is 0 Å². The Kier molecular flexibility index (Phi) is 5.05. The predicted molar refractivity (Wildman–Crippen MR) is 82.4 cm³/mol. The van der Waals surface area contributed by atoms with Crippen molar-refractivity contribution in [2.45, 2.75) is 37.0 Å². The van der Waals surface area contributed by atoms with E-state index in [1.807, 2.05) is 12.1 Å². The van der Waals surface area contributed by atoms with Crippen molar-refractivity contribution in [2.75, 3.05) is 26.0 Å². The number of sulfonamides is 1. The van der Waals surface area contributed by atoms with E-state index in [-0.39, 0.29) is 0 Å². The van der Waals surface area contributed by atoms with Gasteiger partial charge < -0.3 is 5.32 Å². The van der Waals surface area contributed by atoms with Gasteiger partial charge in [0.25, 0.3) is 0 Å². The Bertz CT molecular complexity index is 517. The van der Waals surface area contributed by atoms with E-state index in [1.54, 1.807) is 26.2 Å². The largest absolute Gasteiger partial charge is 0.385 e. The van der Waals surface area contributed by atoms with E-state index >= 15 is 0 Å². The fourth-order valence-corrected chi connectivity index (χ4v) is 3.58. The van der Waals surface area contributed by atoms with Crippen LogP contribution in [0.3, 0.4) is 0 Å². The lowest BCUT2D eigenvalue weighted by Crippen LogP contribution is -2.22. The maximum absolute atomic E-state index is 11.9. The van der Waals surface area contributed by atoms with Gasteiger partial charge in [0, 0.05) is 26.3 Å². The van der Waals surface area contributed by atoms with Gasteiger partial charge in [-0.1, -0.05) is 25.7 Å². The third-order valence-corrected chi connectivity index (χ3v) is 5.82. The molecule has 4 nitrogen and oxygen atoms in total. The normalized spacial score (nSPS) is 16.8. The van der Waals surface area contributed by atoms with E-state index in [1.165, 1.54) is 36.4 Å². The van der Waals surface area contributed by atoms with Crippen molar-refractivity contribution < 1.29 is 8.42 Å². The number of nitrogens with one attached hydrogen (secondary N) is 1. The molecule has 5 heteroatoms. The highest BCUT2D eigenvalue weighted by Gasteiger charge is 2.17. The Morgan fingerprint density at radius 2 is 1.75 bits per heavy atom. The monoisotopic (exact) mass is 296 g/mol. The first-order valence-corrected chi connectivity index (χ1v) is 8.70. The summed E-state index contributed by atoms with van der Waals surface area (Å²) in [7, 11) is -0.232. The molecule has 0 heterocycles. The zero-order valence-corrected chi connectivity index (χ0v) is 13.1. The second kappa shape index (κ2) is 6.59. The Balaban J connectivity index is 1.88. The van der Waals surface area contributed by atoms with E-state index in [0.29, 0.717) is 4.90 Å². The number of benzene rings is 1. The molecule has 1 aliphatic carbocycles. The third kappa shape index (κ3) is 3.73. The molecule has 0 radical (unpaired) electrons. The minimum absolute atomic E-state index is 0.337. The smallest absolute Gasteiger partial charge is 0.242 e. The van der Waals surface area contributed by atoms with Crippen molar-refractivity contribution in [3.63, 3.8) is 0 Å². The van der Waals surface area contributed by atoms with Crippen molar-refractivity contribution in [1.29, 1.82) is 0 Å². The average Bonchev–Trinajstić information content (AvgIpc) is 2.92. The molecule has 1 saturated carbocycles. The lowest BCUT2D eigenvalue weighted by molar-refractivity contribution is 0.518. The van der Waals surface area contributed by atoms with Gasteiger partial charge in [-0.05, 0) is 36.6 Å². The van der Waals surface area contributed by atoms with Gasteiger partial charge in [0.2, 0.25) is 10.0 Å². The van der Waals surface area contributed by atoms with Crippen molar-refractivity contribution in [3.8, 4) is 0 Å². The fourth-order valence-electron chi connectivity index (χ4n) is 2.68. The highest BCUT2D eigenvalue weighted by molar-refractivity contribution is 7.89. The summed E-state index contributed by atoms with van der Waals surface area (Å²) >= 11 is 0. The van der Waals surface area contributed by atoms with Gasteiger partial charge in [0.1, 0.15) is 0 Å². The molecule has 20 heavy (non-hydrogen) atoms. The molecule has 0 bridgehead atoms. The van der Waals surface area contributed by atoms with Gasteiger partial charge >= 0.3 is 0 Å². The number of rotatable bonds is 6. The summed E-state index contributed by atoms with van der Waals surface area (Å²) in [4.78, 5) is 0.337. The summed E-state index contributed by atoms with van der Waals surface area (Å²) in [5.74, 6) is 0.871. The first-order valence-electron chi connectivity index (χ1n) is 7.26. The van der Waals surface area contributed by atoms with Crippen LogP contribution in [0, 0.1) is 5.92 Å². The van der Waals surface area contributed by atoms with Crippen molar-refractivity contribution in [2.24, 2.45) is 5.92 Å². The molecule has 0 unspecified atom stereocenters. The molecule has 0 aliphatic heterocycles. The molecule has 0 spiro atoms. The molecule has 2 rings (SSSR count). The number of hydrogen-bond donors (Lipinski definition) is 1. The fraction of sp³-hybridized carbons (Fsp3) is 0.600. The molecule has 1 N–H and O–H groups in total. The van der Waals surface area contributed by atoms with Crippen molar-refractivity contribution in [1.82, 2.24) is 4.31 Å². The molecule has 1 aromatic carbocycles. The zero-order valence-electron chi connectivity index (χ0n) is 12.3. The Hall–Kier alpha value is -1.07. The van der Waals surface area contributed by atoms with Crippen molar-refractivity contribution in [3.05, 3.63) is 24.3 Å². The third-order valence-electron chi connectivity index (χ3n) is 3.99. The average molecular weight is 296 g/mol. The minimum Gasteiger partial charge on any atom is -0.385 e. The summed E-state index contributed by atoms with van der Waals surface area (Å²) in [5.41, 5.74) is 0.987. The van der Waals surface area contributed by atoms with Crippen LogP contribution in [-0.4, -0.2) is 33.4 Å². The summed E-state index contributed by atoms with van der Waals surface area (Å²) in [6, 6.07) is 7.00. The van der Waals surface area contributed by atoms with E-state index in [0.717, 1.165) is 18.2 Å². The molecule has 112 valence electrons. The van der Waals surface area contributed by atoms with Gasteiger partial charge in [0.15, 0.2) is 0 Å². The summed E-state index contributed by atoms with van der Waals surface area (Å²) in [5, 5.41) is 3.37. The van der Waals surface area contributed by atoms with Crippen LogP contribution in [0.25, 0.3) is 0 Å². The van der Waals surface area contributed by atoms with E-state index in [9.17, 15) is 8.42 Å². The molecular weight excluding hydrogens is 272 g/mol. The second-order valence-electron chi connectivity index (χ2n) is 5.68. The molecule has 1 aliphatic rings. The Labute approximate surface area is 122 Å². The highest BCUT2D eigenvalue weighted by atomic mass is 32.2. The van der Waals surface area contributed by atoms with E-state index in [2.05, 4.69) is 5.32 Å². The second-order valence-corrected chi connectivity index (χ2v) is 7.83. The van der Waals surface area contributed by atoms with E-state index in [4.69, 9.17) is 0 Å². The molecule has 0 saturated heterocycles. The first-order chi connectivity index (χ1) is 9.50. The Morgan fingerprint density at radius 3 is 2.30 bits per heavy atom. The number of nitrogens with zero attached hydrogens (tertiary/aromatic N) is 1. The SMILES string of the molecule is CN(C)S(=O)(=O)c1ccc(NCCC2CCCC2)cc1. The maximum Gasteiger partial charge on any atom is 0.242 e. The molecular formula is C15H24N2O2S. The molecule has 1 fully saturated rings. The first kappa shape index (κ1) is 15.3. The van der Waals surface area contributed by atoms with Crippen LogP contribution in [0.1, 0.15) is 32.1 Å². The van der Waals surface area contributed by atoms with Gasteiger partial charge in [-0.3, -0.25) is 0 Å².